The summed E-state index contributed by atoms with van der Waals surface area (Å²) in [6, 6.07) is 8.91. The highest BCUT2D eigenvalue weighted by atomic mass is 79.9. The van der Waals surface area contributed by atoms with Crippen molar-refractivity contribution in [1.29, 1.82) is 0 Å². The van der Waals surface area contributed by atoms with Gasteiger partial charge in [0, 0.05) is 25.8 Å². The highest BCUT2D eigenvalue weighted by Crippen LogP contribution is 2.26. The number of hydrogen-bond acceptors (Lipinski definition) is 2. The lowest BCUT2D eigenvalue weighted by molar-refractivity contribution is 0.103. The van der Waals surface area contributed by atoms with Crippen LogP contribution in [0.25, 0.3) is 0 Å². The van der Waals surface area contributed by atoms with Crippen molar-refractivity contribution in [2.75, 3.05) is 5.73 Å². The van der Waals surface area contributed by atoms with Gasteiger partial charge in [0.25, 0.3) is 0 Å². The molecule has 0 aliphatic rings. The number of hydrogen-bond donors (Lipinski definition) is 1. The molecule has 92 valence electrons. The number of carbonyl (C=O) groups is 1. The van der Waals surface area contributed by atoms with Gasteiger partial charge < -0.3 is 5.73 Å². The number of carbonyl (C=O) groups excluding carboxylic acids is 1. The molecule has 0 unspecified atom stereocenters. The van der Waals surface area contributed by atoms with Gasteiger partial charge >= 0.3 is 0 Å². The van der Waals surface area contributed by atoms with Gasteiger partial charge in [0.15, 0.2) is 5.78 Å². The van der Waals surface area contributed by atoms with Crippen molar-refractivity contribution in [3.8, 4) is 0 Å². The SMILES string of the molecule is Nc1ccc(C(=O)c2ccc(F)cc2Br)c(Br)c1. The Labute approximate surface area is 120 Å². The third-order valence-corrected chi connectivity index (χ3v) is 3.73. The first-order valence-corrected chi connectivity index (χ1v) is 6.62. The van der Waals surface area contributed by atoms with E-state index in [2.05, 4.69) is 31.9 Å². The molecule has 2 aromatic rings. The summed E-state index contributed by atoms with van der Waals surface area (Å²) < 4.78 is 14.0. The van der Waals surface area contributed by atoms with Crippen molar-refractivity contribution in [2.24, 2.45) is 0 Å². The molecule has 0 aliphatic heterocycles. The maximum atomic E-state index is 13.0. The van der Waals surface area contributed by atoms with Crippen LogP contribution in [0.3, 0.4) is 0 Å². The summed E-state index contributed by atoms with van der Waals surface area (Å²) in [5.74, 6) is -0.594. The minimum Gasteiger partial charge on any atom is -0.399 e. The number of benzene rings is 2. The van der Waals surface area contributed by atoms with Crippen LogP contribution in [0.15, 0.2) is 45.3 Å². The van der Waals surface area contributed by atoms with Gasteiger partial charge in [0.1, 0.15) is 5.82 Å². The predicted molar refractivity (Wildman–Crippen MR) is 76.1 cm³/mol. The van der Waals surface area contributed by atoms with Crippen LogP contribution in [0.4, 0.5) is 10.1 Å². The molecule has 2 N–H and O–H groups in total. The van der Waals surface area contributed by atoms with Crippen LogP contribution >= 0.6 is 31.9 Å². The largest absolute Gasteiger partial charge is 0.399 e. The first-order valence-electron chi connectivity index (χ1n) is 5.04. The van der Waals surface area contributed by atoms with Crippen molar-refractivity contribution in [1.82, 2.24) is 0 Å². The molecule has 18 heavy (non-hydrogen) atoms. The summed E-state index contributed by atoms with van der Waals surface area (Å²) in [6.07, 6.45) is 0. The molecule has 0 amide bonds. The summed E-state index contributed by atoms with van der Waals surface area (Å²) in [5.41, 5.74) is 7.07. The predicted octanol–water partition coefficient (Wildman–Crippen LogP) is 4.16. The van der Waals surface area contributed by atoms with Crippen molar-refractivity contribution >= 4 is 43.3 Å². The fourth-order valence-electron chi connectivity index (χ4n) is 1.53. The number of rotatable bonds is 2. The van der Waals surface area contributed by atoms with Gasteiger partial charge in [0.05, 0.1) is 0 Å². The Morgan fingerprint density at radius 2 is 1.56 bits per heavy atom. The maximum Gasteiger partial charge on any atom is 0.195 e. The van der Waals surface area contributed by atoms with Crippen molar-refractivity contribution in [3.63, 3.8) is 0 Å². The molecule has 0 aliphatic carbocycles. The lowest BCUT2D eigenvalue weighted by Gasteiger charge is -2.06. The van der Waals surface area contributed by atoms with Crippen LogP contribution in [-0.4, -0.2) is 5.78 Å². The molecule has 0 bridgehead atoms. The zero-order valence-corrected chi connectivity index (χ0v) is 12.3. The Bertz CT molecular complexity index is 575. The number of nitrogen functional groups attached to an aromatic ring is 1. The first-order chi connectivity index (χ1) is 8.49. The van der Waals surface area contributed by atoms with Crippen LogP contribution in [0, 0.1) is 5.82 Å². The van der Waals surface area contributed by atoms with E-state index in [9.17, 15) is 9.18 Å². The zero-order chi connectivity index (χ0) is 13.3. The van der Waals surface area contributed by atoms with Gasteiger partial charge in [-0.05, 0) is 68.3 Å². The van der Waals surface area contributed by atoms with Crippen LogP contribution in [0.5, 0.6) is 0 Å². The highest BCUT2D eigenvalue weighted by molar-refractivity contribution is 9.11. The van der Waals surface area contributed by atoms with Gasteiger partial charge in [-0.3, -0.25) is 4.79 Å². The molecule has 0 saturated heterocycles. The lowest BCUT2D eigenvalue weighted by Crippen LogP contribution is -2.04. The first kappa shape index (κ1) is 13.2. The fourth-order valence-corrected chi connectivity index (χ4v) is 2.64. The monoisotopic (exact) mass is 371 g/mol. The van der Waals surface area contributed by atoms with Gasteiger partial charge in [0.2, 0.25) is 0 Å². The Morgan fingerprint density at radius 1 is 1.00 bits per heavy atom. The second kappa shape index (κ2) is 5.20. The summed E-state index contributed by atoms with van der Waals surface area (Å²) in [6.45, 7) is 0. The van der Waals surface area contributed by atoms with Crippen molar-refractivity contribution in [3.05, 3.63) is 62.3 Å². The van der Waals surface area contributed by atoms with Gasteiger partial charge in [-0.25, -0.2) is 4.39 Å². The maximum absolute atomic E-state index is 13.0. The molecule has 2 rings (SSSR count). The van der Waals surface area contributed by atoms with Gasteiger partial charge in [-0.2, -0.15) is 0 Å². The fraction of sp³-hybridized carbons (Fsp3) is 0. The van der Waals surface area contributed by atoms with E-state index in [-0.39, 0.29) is 5.78 Å². The third-order valence-electron chi connectivity index (χ3n) is 2.41. The molecule has 2 aromatic carbocycles. The smallest absolute Gasteiger partial charge is 0.195 e. The summed E-state index contributed by atoms with van der Waals surface area (Å²) in [4.78, 5) is 12.3. The number of ketones is 1. The highest BCUT2D eigenvalue weighted by Gasteiger charge is 2.15. The average Bonchev–Trinajstić information content (AvgIpc) is 2.28. The molecule has 0 aromatic heterocycles. The molecule has 5 heteroatoms. The quantitative estimate of drug-likeness (QED) is 0.635. The molecular formula is C13H8Br2FNO. The van der Waals surface area contributed by atoms with E-state index in [4.69, 9.17) is 5.73 Å². The zero-order valence-electron chi connectivity index (χ0n) is 9.08. The molecule has 0 saturated carbocycles. The number of nitrogens with two attached hydrogens (primary N) is 1. The summed E-state index contributed by atoms with van der Waals surface area (Å²) in [5, 5.41) is 0. The van der Waals surface area contributed by atoms with E-state index in [0.29, 0.717) is 25.8 Å². The van der Waals surface area contributed by atoms with Crippen LogP contribution < -0.4 is 5.73 Å². The Kier molecular flexibility index (Phi) is 3.82. The molecule has 0 spiro atoms. The van der Waals surface area contributed by atoms with E-state index in [0.717, 1.165) is 0 Å². The third kappa shape index (κ3) is 2.62. The molecule has 0 atom stereocenters. The Hall–Kier alpha value is -1.20. The number of halogens is 3. The normalized spacial score (nSPS) is 10.4. The molecule has 0 fully saturated rings. The molecule has 0 radical (unpaired) electrons. The summed E-state index contributed by atoms with van der Waals surface area (Å²) in [7, 11) is 0. The van der Waals surface area contributed by atoms with E-state index in [1.807, 2.05) is 0 Å². The van der Waals surface area contributed by atoms with Crippen LogP contribution in [0.1, 0.15) is 15.9 Å². The lowest BCUT2D eigenvalue weighted by atomic mass is 10.0. The van der Waals surface area contributed by atoms with E-state index >= 15 is 0 Å². The second-order valence-corrected chi connectivity index (χ2v) is 5.40. The average molecular weight is 373 g/mol. The van der Waals surface area contributed by atoms with E-state index in [1.165, 1.54) is 18.2 Å². The molecule has 2 nitrogen and oxygen atoms in total. The topological polar surface area (TPSA) is 43.1 Å². The van der Waals surface area contributed by atoms with Crippen LogP contribution in [-0.2, 0) is 0 Å². The molecular weight excluding hydrogens is 365 g/mol. The van der Waals surface area contributed by atoms with Gasteiger partial charge in [-0.1, -0.05) is 0 Å². The molecule has 0 heterocycles. The van der Waals surface area contributed by atoms with E-state index < -0.39 is 5.82 Å². The van der Waals surface area contributed by atoms with Gasteiger partial charge in [-0.15, -0.1) is 0 Å². The number of anilines is 1. The summed E-state index contributed by atoms with van der Waals surface area (Å²) >= 11 is 6.48. The minimum atomic E-state index is -0.394. The Morgan fingerprint density at radius 3 is 2.11 bits per heavy atom. The van der Waals surface area contributed by atoms with Crippen molar-refractivity contribution in [2.45, 2.75) is 0 Å². The minimum absolute atomic E-state index is 0.200. The van der Waals surface area contributed by atoms with E-state index in [1.54, 1.807) is 18.2 Å². The standard InChI is InChI=1S/C13H8Br2FNO/c14-11-5-7(16)1-3-9(11)13(18)10-4-2-8(17)6-12(10)15/h1-6H,17H2. The Balaban J connectivity index is 2.48. The second-order valence-electron chi connectivity index (χ2n) is 3.69. The van der Waals surface area contributed by atoms with Crippen molar-refractivity contribution < 1.29 is 9.18 Å². The van der Waals surface area contributed by atoms with Crippen LogP contribution in [0.2, 0.25) is 0 Å².